The fourth-order valence-corrected chi connectivity index (χ4v) is 4.25. The monoisotopic (exact) mass is 522 g/mol. The van der Waals surface area contributed by atoms with E-state index in [2.05, 4.69) is 0 Å². The van der Waals surface area contributed by atoms with E-state index in [9.17, 15) is 36.5 Å². The van der Waals surface area contributed by atoms with E-state index >= 15 is 0 Å². The molecular weight excluding hydrogens is 501 g/mol. The molecule has 0 radical (unpaired) electrons. The molecule has 190 valence electrons. The molecule has 12 heteroatoms. The summed E-state index contributed by atoms with van der Waals surface area (Å²) in [6.45, 7) is 3.58. The molecule has 0 aliphatic heterocycles. The highest BCUT2D eigenvalue weighted by molar-refractivity contribution is 7.87. The van der Waals surface area contributed by atoms with Crippen LogP contribution in [0.15, 0.2) is 77.7 Å². The molecule has 0 aromatic heterocycles. The van der Waals surface area contributed by atoms with Gasteiger partial charge in [-0.25, -0.2) is 0 Å². The van der Waals surface area contributed by atoms with Crippen LogP contribution in [0, 0.1) is 10.1 Å². The van der Waals surface area contributed by atoms with Crippen LogP contribution in [0.2, 0.25) is 0 Å². The lowest BCUT2D eigenvalue weighted by molar-refractivity contribution is -0.384. The number of non-ortho nitro benzene ring substituents is 1. The third-order valence-corrected chi connectivity index (χ3v) is 6.36. The third-order valence-electron chi connectivity index (χ3n) is 5.12. The first-order chi connectivity index (χ1) is 16.8. The number of amides is 1. The van der Waals surface area contributed by atoms with Crippen molar-refractivity contribution in [3.8, 4) is 5.75 Å². The Morgan fingerprint density at radius 2 is 1.67 bits per heavy atom. The van der Waals surface area contributed by atoms with Crippen LogP contribution >= 0.6 is 0 Å². The molecule has 0 saturated carbocycles. The Morgan fingerprint density at radius 3 is 2.25 bits per heavy atom. The van der Waals surface area contributed by atoms with E-state index in [1.807, 2.05) is 0 Å². The fraction of sp³-hybridized carbons (Fsp3) is 0.208. The van der Waals surface area contributed by atoms with Gasteiger partial charge in [-0.3, -0.25) is 14.9 Å². The van der Waals surface area contributed by atoms with E-state index in [-0.39, 0.29) is 29.6 Å². The normalized spacial score (nSPS) is 11.8. The molecule has 3 aromatic carbocycles. The highest BCUT2D eigenvalue weighted by Gasteiger charge is 2.32. The number of carbonyl (C=O) groups excluding carboxylic acids is 1. The van der Waals surface area contributed by atoms with Gasteiger partial charge in [-0.2, -0.15) is 21.6 Å². The van der Waals surface area contributed by atoms with Crippen molar-refractivity contribution in [1.29, 1.82) is 0 Å². The Hall–Kier alpha value is -3.93. The number of nitro benzene ring substituents is 1. The zero-order valence-corrected chi connectivity index (χ0v) is 19.9. The average Bonchev–Trinajstić information content (AvgIpc) is 2.81. The molecule has 0 aliphatic carbocycles. The summed E-state index contributed by atoms with van der Waals surface area (Å²) in [5.41, 5.74) is -0.558. The van der Waals surface area contributed by atoms with Crippen molar-refractivity contribution in [2.45, 2.75) is 37.5 Å². The molecule has 0 aliphatic rings. The molecule has 0 unspecified atom stereocenters. The molecule has 0 N–H and O–H groups in total. The summed E-state index contributed by atoms with van der Waals surface area (Å²) in [5.74, 6) is -0.542. The number of carbonyl (C=O) groups is 1. The Labute approximate surface area is 205 Å². The second kappa shape index (κ2) is 10.4. The average molecular weight is 523 g/mol. The number of benzene rings is 3. The standard InChI is InChI=1S/C24H21F3N2O6S/c1-16(2)28(23(30)18-9-11-20(12-10-18)29(31)32)15-17-5-3-7-21(13-17)35-36(33,34)22-8-4-6-19(14-22)24(25,26)27/h3-14,16H,15H2,1-2H3. The van der Waals surface area contributed by atoms with E-state index < -0.39 is 37.6 Å². The van der Waals surface area contributed by atoms with Gasteiger partial charge in [0.05, 0.1) is 10.5 Å². The van der Waals surface area contributed by atoms with E-state index in [1.165, 1.54) is 47.4 Å². The molecule has 0 saturated heterocycles. The van der Waals surface area contributed by atoms with Crippen LogP contribution in [0.1, 0.15) is 35.3 Å². The number of alkyl halides is 3. The van der Waals surface area contributed by atoms with E-state index in [1.54, 1.807) is 19.9 Å². The molecule has 0 spiro atoms. The molecule has 36 heavy (non-hydrogen) atoms. The van der Waals surface area contributed by atoms with Gasteiger partial charge >= 0.3 is 16.3 Å². The maximum atomic E-state index is 13.0. The van der Waals surface area contributed by atoms with Crippen LogP contribution in [0.25, 0.3) is 0 Å². The van der Waals surface area contributed by atoms with Gasteiger partial charge < -0.3 is 9.08 Å². The first kappa shape index (κ1) is 26.7. The maximum Gasteiger partial charge on any atom is 0.416 e. The van der Waals surface area contributed by atoms with Gasteiger partial charge in [0, 0.05) is 30.3 Å². The van der Waals surface area contributed by atoms with Crippen LogP contribution in [0.3, 0.4) is 0 Å². The minimum Gasteiger partial charge on any atom is -0.379 e. The second-order valence-electron chi connectivity index (χ2n) is 8.04. The van der Waals surface area contributed by atoms with Crippen molar-refractivity contribution in [2.75, 3.05) is 0 Å². The molecule has 1 amide bonds. The first-order valence-corrected chi connectivity index (χ1v) is 11.9. The first-order valence-electron chi connectivity index (χ1n) is 10.5. The number of nitrogens with zero attached hydrogens (tertiary/aromatic N) is 2. The fourth-order valence-electron chi connectivity index (χ4n) is 3.28. The largest absolute Gasteiger partial charge is 0.416 e. The Bertz CT molecular complexity index is 1370. The summed E-state index contributed by atoms with van der Waals surface area (Å²) in [5, 5.41) is 10.9. The van der Waals surface area contributed by atoms with E-state index in [4.69, 9.17) is 4.18 Å². The molecule has 0 bridgehead atoms. The van der Waals surface area contributed by atoms with Crippen molar-refractivity contribution >= 4 is 21.7 Å². The minimum atomic E-state index is -4.72. The SMILES string of the molecule is CC(C)N(Cc1cccc(OS(=O)(=O)c2cccc(C(F)(F)F)c2)c1)C(=O)c1ccc([N+](=O)[O-])cc1. The van der Waals surface area contributed by atoms with Crippen LogP contribution in [0.5, 0.6) is 5.75 Å². The summed E-state index contributed by atoms with van der Waals surface area (Å²) >= 11 is 0. The molecule has 0 heterocycles. The molecule has 3 aromatic rings. The summed E-state index contributed by atoms with van der Waals surface area (Å²) < 4.78 is 69.1. The van der Waals surface area contributed by atoms with Gasteiger partial charge in [0.25, 0.3) is 11.6 Å². The van der Waals surface area contributed by atoms with Crippen molar-refractivity contribution in [1.82, 2.24) is 4.90 Å². The predicted molar refractivity (Wildman–Crippen MR) is 124 cm³/mol. The van der Waals surface area contributed by atoms with E-state index in [0.29, 0.717) is 11.6 Å². The van der Waals surface area contributed by atoms with Gasteiger partial charge in [-0.1, -0.05) is 18.2 Å². The lowest BCUT2D eigenvalue weighted by Crippen LogP contribution is -2.36. The number of halogens is 3. The molecule has 8 nitrogen and oxygen atoms in total. The summed E-state index contributed by atoms with van der Waals surface area (Å²) in [6, 6.07) is 13.9. The Morgan fingerprint density at radius 1 is 1.03 bits per heavy atom. The van der Waals surface area contributed by atoms with Gasteiger partial charge in [0.2, 0.25) is 0 Å². The smallest absolute Gasteiger partial charge is 0.379 e. The molecule has 3 rings (SSSR count). The molecular formula is C24H21F3N2O6S. The lowest BCUT2D eigenvalue weighted by atomic mass is 10.1. The highest BCUT2D eigenvalue weighted by atomic mass is 32.2. The number of nitro groups is 1. The molecule has 0 atom stereocenters. The van der Waals surface area contributed by atoms with Crippen LogP contribution in [-0.4, -0.2) is 30.2 Å². The van der Waals surface area contributed by atoms with Crippen molar-refractivity contribution in [3.63, 3.8) is 0 Å². The summed E-state index contributed by atoms with van der Waals surface area (Å²) in [6.07, 6.45) is -4.72. The number of rotatable bonds is 8. The van der Waals surface area contributed by atoms with Gasteiger partial charge in [-0.05, 0) is 61.9 Å². The van der Waals surface area contributed by atoms with Gasteiger partial charge in [0.1, 0.15) is 10.6 Å². The van der Waals surface area contributed by atoms with Gasteiger partial charge in [0.15, 0.2) is 0 Å². The lowest BCUT2D eigenvalue weighted by Gasteiger charge is -2.27. The Balaban J connectivity index is 1.82. The number of hydrogen-bond donors (Lipinski definition) is 0. The third kappa shape index (κ3) is 6.39. The highest BCUT2D eigenvalue weighted by Crippen LogP contribution is 2.31. The minimum absolute atomic E-state index is 0.0499. The molecule has 0 fully saturated rings. The predicted octanol–water partition coefficient (Wildman–Crippen LogP) is 5.43. The topological polar surface area (TPSA) is 107 Å². The number of hydrogen-bond acceptors (Lipinski definition) is 6. The van der Waals surface area contributed by atoms with Crippen LogP contribution < -0.4 is 4.18 Å². The quantitative estimate of drug-likeness (QED) is 0.222. The van der Waals surface area contributed by atoms with Crippen molar-refractivity contribution in [3.05, 3.63) is 99.6 Å². The zero-order chi connectivity index (χ0) is 26.7. The van der Waals surface area contributed by atoms with Gasteiger partial charge in [-0.15, -0.1) is 0 Å². The van der Waals surface area contributed by atoms with Crippen LogP contribution in [-0.2, 0) is 22.8 Å². The van der Waals surface area contributed by atoms with Crippen molar-refractivity contribution in [2.24, 2.45) is 0 Å². The maximum absolute atomic E-state index is 13.0. The van der Waals surface area contributed by atoms with E-state index in [0.717, 1.165) is 18.2 Å². The van der Waals surface area contributed by atoms with Crippen molar-refractivity contribution < 1.29 is 35.5 Å². The Kier molecular flexibility index (Phi) is 7.68. The second-order valence-corrected chi connectivity index (χ2v) is 9.59. The zero-order valence-electron chi connectivity index (χ0n) is 19.1. The summed E-state index contributed by atoms with van der Waals surface area (Å²) in [4.78, 5) is 24.1. The van der Waals surface area contributed by atoms with Crippen LogP contribution in [0.4, 0.5) is 18.9 Å². The summed E-state index contributed by atoms with van der Waals surface area (Å²) in [7, 11) is -4.56.